The highest BCUT2D eigenvalue weighted by Crippen LogP contribution is 2.12. The standard InChI is InChI=1S/C13H16N2O2S/c1-10-4-6-13(7-5-10)18(16,17)14-15-9-11(2)8-12(15)3/h4-9,14H,1-3H3. The third-order valence-electron chi connectivity index (χ3n) is 2.70. The van der Waals surface area contributed by atoms with Crippen molar-refractivity contribution in [3.05, 3.63) is 53.3 Å². The highest BCUT2D eigenvalue weighted by Gasteiger charge is 2.14. The Labute approximate surface area is 107 Å². The van der Waals surface area contributed by atoms with Crippen LogP contribution in [0, 0.1) is 20.8 Å². The normalized spacial score (nSPS) is 11.5. The van der Waals surface area contributed by atoms with Crippen LogP contribution in [0.1, 0.15) is 16.8 Å². The molecule has 2 rings (SSSR count). The minimum atomic E-state index is -3.53. The molecule has 1 aromatic carbocycles. The average molecular weight is 264 g/mol. The Bertz CT molecular complexity index is 655. The van der Waals surface area contributed by atoms with E-state index in [-0.39, 0.29) is 4.90 Å². The fourth-order valence-electron chi connectivity index (χ4n) is 1.74. The van der Waals surface area contributed by atoms with Crippen LogP contribution in [0.5, 0.6) is 0 Å². The van der Waals surface area contributed by atoms with Crippen LogP contribution in [0.15, 0.2) is 41.4 Å². The monoisotopic (exact) mass is 264 g/mol. The van der Waals surface area contributed by atoms with Gasteiger partial charge in [0.15, 0.2) is 0 Å². The van der Waals surface area contributed by atoms with E-state index in [4.69, 9.17) is 0 Å². The van der Waals surface area contributed by atoms with E-state index in [1.54, 1.807) is 30.5 Å². The Morgan fingerprint density at radius 2 is 1.61 bits per heavy atom. The molecule has 96 valence electrons. The molecular formula is C13H16N2O2S. The Hall–Kier alpha value is -1.75. The second-order valence-electron chi connectivity index (χ2n) is 4.44. The summed E-state index contributed by atoms with van der Waals surface area (Å²) in [6.45, 7) is 5.69. The van der Waals surface area contributed by atoms with Crippen LogP contribution in [0.3, 0.4) is 0 Å². The molecule has 1 aromatic heterocycles. The molecule has 0 aliphatic heterocycles. The first kappa shape index (κ1) is 12.7. The van der Waals surface area contributed by atoms with Crippen molar-refractivity contribution in [1.29, 1.82) is 0 Å². The van der Waals surface area contributed by atoms with Crippen LogP contribution in [-0.2, 0) is 10.0 Å². The van der Waals surface area contributed by atoms with Crippen molar-refractivity contribution in [2.75, 3.05) is 4.83 Å². The number of nitrogens with zero attached hydrogens (tertiary/aromatic N) is 1. The molecule has 1 heterocycles. The molecule has 18 heavy (non-hydrogen) atoms. The quantitative estimate of drug-likeness (QED) is 0.925. The van der Waals surface area contributed by atoms with E-state index in [1.165, 1.54) is 4.68 Å². The summed E-state index contributed by atoms with van der Waals surface area (Å²) in [7, 11) is -3.53. The highest BCUT2D eigenvalue weighted by molar-refractivity contribution is 7.92. The van der Waals surface area contributed by atoms with Crippen LogP contribution in [0.4, 0.5) is 0 Å². The van der Waals surface area contributed by atoms with E-state index in [9.17, 15) is 8.42 Å². The van der Waals surface area contributed by atoms with Gasteiger partial charge in [-0.3, -0.25) is 4.68 Å². The lowest BCUT2D eigenvalue weighted by Gasteiger charge is -2.11. The number of aryl methyl sites for hydroxylation is 3. The van der Waals surface area contributed by atoms with Gasteiger partial charge >= 0.3 is 0 Å². The van der Waals surface area contributed by atoms with Gasteiger partial charge in [-0.25, -0.2) is 4.83 Å². The smallest absolute Gasteiger partial charge is 0.258 e. The zero-order chi connectivity index (χ0) is 13.3. The van der Waals surface area contributed by atoms with E-state index >= 15 is 0 Å². The van der Waals surface area contributed by atoms with Gasteiger partial charge in [-0.2, -0.15) is 8.42 Å². The van der Waals surface area contributed by atoms with Gasteiger partial charge in [0, 0.05) is 11.9 Å². The Balaban J connectivity index is 2.33. The van der Waals surface area contributed by atoms with Crippen molar-refractivity contribution in [1.82, 2.24) is 4.68 Å². The number of hydrogen-bond donors (Lipinski definition) is 1. The minimum absolute atomic E-state index is 0.263. The summed E-state index contributed by atoms with van der Waals surface area (Å²) >= 11 is 0. The molecule has 0 aliphatic rings. The van der Waals surface area contributed by atoms with Crippen molar-refractivity contribution < 1.29 is 8.42 Å². The van der Waals surface area contributed by atoms with Crippen LogP contribution >= 0.6 is 0 Å². The van der Waals surface area contributed by atoms with E-state index in [1.807, 2.05) is 26.8 Å². The topological polar surface area (TPSA) is 51.1 Å². The molecule has 0 saturated heterocycles. The zero-order valence-corrected chi connectivity index (χ0v) is 11.5. The predicted octanol–water partition coefficient (Wildman–Crippen LogP) is 2.35. The SMILES string of the molecule is Cc1ccc(S(=O)(=O)Nn2cc(C)cc2C)cc1. The summed E-state index contributed by atoms with van der Waals surface area (Å²) in [6, 6.07) is 8.68. The van der Waals surface area contributed by atoms with Gasteiger partial charge in [-0.15, -0.1) is 0 Å². The summed E-state index contributed by atoms with van der Waals surface area (Å²) in [6.07, 6.45) is 1.75. The molecule has 2 aromatic rings. The van der Waals surface area contributed by atoms with Crippen LogP contribution in [0.2, 0.25) is 0 Å². The van der Waals surface area contributed by atoms with Crippen molar-refractivity contribution in [2.45, 2.75) is 25.7 Å². The lowest BCUT2D eigenvalue weighted by Crippen LogP contribution is -2.23. The molecule has 0 atom stereocenters. The average Bonchev–Trinajstić information content (AvgIpc) is 2.57. The van der Waals surface area contributed by atoms with E-state index in [0.29, 0.717) is 0 Å². The molecule has 0 fully saturated rings. The maximum absolute atomic E-state index is 12.1. The summed E-state index contributed by atoms with van der Waals surface area (Å²) in [5.74, 6) is 0. The van der Waals surface area contributed by atoms with Gasteiger partial charge in [0.05, 0.1) is 4.90 Å². The Morgan fingerprint density at radius 1 is 1.00 bits per heavy atom. The second kappa shape index (κ2) is 4.49. The van der Waals surface area contributed by atoms with E-state index < -0.39 is 10.0 Å². The van der Waals surface area contributed by atoms with Crippen LogP contribution < -0.4 is 4.83 Å². The summed E-state index contributed by atoms with van der Waals surface area (Å²) in [4.78, 5) is 2.79. The minimum Gasteiger partial charge on any atom is -0.258 e. The Kier molecular flexibility index (Phi) is 3.17. The van der Waals surface area contributed by atoms with Gasteiger partial charge in [0.25, 0.3) is 10.0 Å². The predicted molar refractivity (Wildman–Crippen MR) is 71.6 cm³/mol. The number of rotatable bonds is 3. The third kappa shape index (κ3) is 2.56. The van der Waals surface area contributed by atoms with Crippen LogP contribution in [-0.4, -0.2) is 13.1 Å². The maximum atomic E-state index is 12.1. The summed E-state index contributed by atoms with van der Waals surface area (Å²) < 4.78 is 25.8. The molecule has 0 unspecified atom stereocenters. The molecule has 4 nitrogen and oxygen atoms in total. The second-order valence-corrected chi connectivity index (χ2v) is 6.10. The van der Waals surface area contributed by atoms with Crippen molar-refractivity contribution >= 4 is 10.0 Å². The van der Waals surface area contributed by atoms with Gasteiger partial charge in [0.2, 0.25) is 0 Å². The van der Waals surface area contributed by atoms with Crippen molar-refractivity contribution in [2.24, 2.45) is 0 Å². The molecule has 0 saturated carbocycles. The molecule has 0 radical (unpaired) electrons. The number of sulfonamides is 1. The number of hydrogen-bond acceptors (Lipinski definition) is 2. The molecule has 5 heteroatoms. The molecule has 0 bridgehead atoms. The van der Waals surface area contributed by atoms with Crippen molar-refractivity contribution in [3.63, 3.8) is 0 Å². The van der Waals surface area contributed by atoms with E-state index in [2.05, 4.69) is 4.83 Å². The first-order valence-electron chi connectivity index (χ1n) is 5.63. The van der Waals surface area contributed by atoms with Crippen LogP contribution in [0.25, 0.3) is 0 Å². The van der Waals surface area contributed by atoms with Gasteiger partial charge < -0.3 is 0 Å². The largest absolute Gasteiger partial charge is 0.275 e. The fourth-order valence-corrected chi connectivity index (χ4v) is 2.80. The number of aromatic nitrogens is 1. The van der Waals surface area contributed by atoms with Crippen molar-refractivity contribution in [3.8, 4) is 0 Å². The van der Waals surface area contributed by atoms with Gasteiger partial charge in [-0.1, -0.05) is 17.7 Å². The zero-order valence-electron chi connectivity index (χ0n) is 10.6. The lowest BCUT2D eigenvalue weighted by molar-refractivity contribution is 0.595. The first-order chi connectivity index (χ1) is 8.38. The maximum Gasteiger partial charge on any atom is 0.275 e. The summed E-state index contributed by atoms with van der Waals surface area (Å²) in [5, 5.41) is 0. The number of benzene rings is 1. The third-order valence-corrected chi connectivity index (χ3v) is 4.03. The fraction of sp³-hybridized carbons (Fsp3) is 0.231. The molecule has 1 N–H and O–H groups in total. The number of nitrogens with one attached hydrogen (secondary N) is 1. The Morgan fingerprint density at radius 3 is 2.11 bits per heavy atom. The van der Waals surface area contributed by atoms with Gasteiger partial charge in [0.1, 0.15) is 0 Å². The van der Waals surface area contributed by atoms with E-state index in [0.717, 1.165) is 16.8 Å². The molecular weight excluding hydrogens is 248 g/mol. The lowest BCUT2D eigenvalue weighted by atomic mass is 10.2. The molecule has 0 spiro atoms. The van der Waals surface area contributed by atoms with Gasteiger partial charge in [-0.05, 0) is 44.5 Å². The summed E-state index contributed by atoms with van der Waals surface area (Å²) in [5.41, 5.74) is 2.89. The highest BCUT2D eigenvalue weighted by atomic mass is 32.2. The molecule has 0 aliphatic carbocycles. The molecule has 0 amide bonds. The first-order valence-corrected chi connectivity index (χ1v) is 7.12.